The van der Waals surface area contributed by atoms with E-state index in [1.165, 1.54) is 37.1 Å². The quantitative estimate of drug-likeness (QED) is 0.411. The lowest BCUT2D eigenvalue weighted by Crippen LogP contribution is -2.08. The third-order valence-electron chi connectivity index (χ3n) is 3.67. The average Bonchev–Trinajstić information content (AvgIpc) is 2.62. The number of benzene rings is 2. The van der Waals surface area contributed by atoms with Crippen molar-refractivity contribution in [3.05, 3.63) is 59.7 Å². The van der Waals surface area contributed by atoms with Crippen LogP contribution in [0.3, 0.4) is 0 Å². The van der Waals surface area contributed by atoms with Crippen molar-refractivity contribution in [3.8, 4) is 11.5 Å². The second-order valence-corrected chi connectivity index (χ2v) is 5.65. The molecule has 2 rings (SSSR count). The lowest BCUT2D eigenvalue weighted by Gasteiger charge is -2.07. The van der Waals surface area contributed by atoms with Gasteiger partial charge in [0.05, 0.1) is 17.7 Å². The maximum atomic E-state index is 12.1. The molecule has 132 valence electrons. The summed E-state index contributed by atoms with van der Waals surface area (Å²) in [6, 6.07) is 12.5. The van der Waals surface area contributed by atoms with E-state index in [9.17, 15) is 9.59 Å². The summed E-state index contributed by atoms with van der Waals surface area (Å²) < 4.78 is 10.9. The summed E-state index contributed by atoms with van der Waals surface area (Å²) in [6.07, 6.45) is 4.57. The predicted octanol–water partition coefficient (Wildman–Crippen LogP) is 4.56. The number of rotatable bonds is 9. The van der Waals surface area contributed by atoms with E-state index in [1.54, 1.807) is 24.3 Å². The van der Waals surface area contributed by atoms with Gasteiger partial charge in [0.25, 0.3) is 0 Å². The van der Waals surface area contributed by atoms with Gasteiger partial charge in [-0.3, -0.25) is 0 Å². The summed E-state index contributed by atoms with van der Waals surface area (Å²) in [5.74, 6) is -0.508. The number of carboxylic acids is 1. The molecule has 5 nitrogen and oxygen atoms in total. The lowest BCUT2D eigenvalue weighted by molar-refractivity contribution is 0.0696. The molecule has 5 heteroatoms. The highest BCUT2D eigenvalue weighted by Gasteiger charge is 2.10. The molecular formula is C20H22O5. The van der Waals surface area contributed by atoms with Crippen molar-refractivity contribution in [1.82, 2.24) is 0 Å². The van der Waals surface area contributed by atoms with Gasteiger partial charge >= 0.3 is 11.9 Å². The van der Waals surface area contributed by atoms with Crippen molar-refractivity contribution < 1.29 is 24.2 Å². The van der Waals surface area contributed by atoms with Gasteiger partial charge in [-0.25, -0.2) is 9.59 Å². The van der Waals surface area contributed by atoms with Crippen LogP contribution in [0.15, 0.2) is 48.5 Å². The van der Waals surface area contributed by atoms with Crippen molar-refractivity contribution in [2.24, 2.45) is 0 Å². The second-order valence-electron chi connectivity index (χ2n) is 5.65. The van der Waals surface area contributed by atoms with Gasteiger partial charge in [-0.1, -0.05) is 26.2 Å². The van der Waals surface area contributed by atoms with Gasteiger partial charge in [0, 0.05) is 0 Å². The molecule has 0 aliphatic heterocycles. The predicted molar refractivity (Wildman–Crippen MR) is 94.4 cm³/mol. The Labute approximate surface area is 147 Å². The van der Waals surface area contributed by atoms with Crippen molar-refractivity contribution in [1.29, 1.82) is 0 Å². The van der Waals surface area contributed by atoms with E-state index in [4.69, 9.17) is 14.6 Å². The first-order valence-electron chi connectivity index (χ1n) is 8.38. The fourth-order valence-corrected chi connectivity index (χ4v) is 2.24. The van der Waals surface area contributed by atoms with Crippen LogP contribution in [0.25, 0.3) is 0 Å². The fraction of sp³-hybridized carbons (Fsp3) is 0.300. The smallest absolute Gasteiger partial charge is 0.343 e. The van der Waals surface area contributed by atoms with Crippen LogP contribution in [0.1, 0.15) is 53.3 Å². The van der Waals surface area contributed by atoms with Crippen molar-refractivity contribution in [3.63, 3.8) is 0 Å². The number of hydrogen-bond donors (Lipinski definition) is 1. The highest BCUT2D eigenvalue weighted by molar-refractivity contribution is 5.91. The molecule has 0 radical (unpaired) electrons. The Hall–Kier alpha value is -2.82. The molecule has 0 amide bonds. The van der Waals surface area contributed by atoms with Crippen molar-refractivity contribution >= 4 is 11.9 Å². The molecule has 0 saturated carbocycles. The van der Waals surface area contributed by atoms with E-state index in [2.05, 4.69) is 6.92 Å². The number of ether oxygens (including phenoxy) is 2. The fourth-order valence-electron chi connectivity index (χ4n) is 2.24. The summed E-state index contributed by atoms with van der Waals surface area (Å²) in [5, 5.41) is 8.85. The summed E-state index contributed by atoms with van der Waals surface area (Å²) >= 11 is 0. The van der Waals surface area contributed by atoms with Crippen molar-refractivity contribution in [2.45, 2.75) is 32.6 Å². The number of carbonyl (C=O) groups is 2. The maximum absolute atomic E-state index is 12.1. The first-order valence-corrected chi connectivity index (χ1v) is 8.38. The Morgan fingerprint density at radius 1 is 0.840 bits per heavy atom. The minimum atomic E-state index is -1.02. The summed E-state index contributed by atoms with van der Waals surface area (Å²) in [5.41, 5.74) is 0.542. The molecule has 1 N–H and O–H groups in total. The van der Waals surface area contributed by atoms with Crippen LogP contribution in [0.4, 0.5) is 0 Å². The second kappa shape index (κ2) is 9.47. The van der Waals surface area contributed by atoms with E-state index in [0.29, 0.717) is 17.9 Å². The molecule has 0 aliphatic carbocycles. The molecule has 2 aromatic rings. The van der Waals surface area contributed by atoms with Crippen LogP contribution in [0.5, 0.6) is 11.5 Å². The van der Waals surface area contributed by atoms with Gasteiger partial charge in [-0.05, 0) is 55.0 Å². The molecule has 0 unspecified atom stereocenters. The van der Waals surface area contributed by atoms with E-state index in [0.717, 1.165) is 18.6 Å². The zero-order chi connectivity index (χ0) is 18.1. The third-order valence-corrected chi connectivity index (χ3v) is 3.67. The van der Waals surface area contributed by atoms with Crippen LogP contribution in [-0.4, -0.2) is 23.7 Å². The van der Waals surface area contributed by atoms with Gasteiger partial charge in [0.2, 0.25) is 0 Å². The molecular weight excluding hydrogens is 320 g/mol. The third kappa shape index (κ3) is 5.95. The van der Waals surface area contributed by atoms with Gasteiger partial charge in [-0.2, -0.15) is 0 Å². The van der Waals surface area contributed by atoms with Gasteiger partial charge in [-0.15, -0.1) is 0 Å². The van der Waals surface area contributed by atoms with E-state index >= 15 is 0 Å². The Balaban J connectivity index is 1.86. The molecule has 2 aromatic carbocycles. The molecule has 0 fully saturated rings. The molecule has 0 aromatic heterocycles. The Bertz CT molecular complexity index is 689. The van der Waals surface area contributed by atoms with Gasteiger partial charge < -0.3 is 14.6 Å². The number of hydrogen-bond acceptors (Lipinski definition) is 4. The number of carboxylic acid groups (broad SMARTS) is 1. The largest absolute Gasteiger partial charge is 0.494 e. The topological polar surface area (TPSA) is 72.8 Å². The molecule has 0 spiro atoms. The first-order chi connectivity index (χ1) is 12.1. The molecule has 0 saturated heterocycles. The SMILES string of the molecule is CCCCCCOc1ccc(C(=O)Oc2ccc(C(=O)O)cc2)cc1. The zero-order valence-corrected chi connectivity index (χ0v) is 14.2. The summed E-state index contributed by atoms with van der Waals surface area (Å²) in [6.45, 7) is 2.83. The zero-order valence-electron chi connectivity index (χ0n) is 14.2. The maximum Gasteiger partial charge on any atom is 0.343 e. The monoisotopic (exact) mass is 342 g/mol. The summed E-state index contributed by atoms with van der Waals surface area (Å²) in [4.78, 5) is 22.9. The molecule has 0 atom stereocenters. The molecule has 0 aliphatic rings. The number of unbranched alkanes of at least 4 members (excludes halogenated alkanes) is 3. The van der Waals surface area contributed by atoms with Crippen LogP contribution in [0, 0.1) is 0 Å². The number of carbonyl (C=O) groups excluding carboxylic acids is 1. The summed E-state index contributed by atoms with van der Waals surface area (Å²) in [7, 11) is 0. The standard InChI is InChI=1S/C20H22O5/c1-2-3-4-5-14-24-17-10-8-16(9-11-17)20(23)25-18-12-6-15(7-13-18)19(21)22/h6-13H,2-5,14H2,1H3,(H,21,22). The molecule has 0 bridgehead atoms. The van der Waals surface area contributed by atoms with Crippen LogP contribution >= 0.6 is 0 Å². The Morgan fingerprint density at radius 2 is 1.44 bits per heavy atom. The Kier molecular flexibility index (Phi) is 7.01. The van der Waals surface area contributed by atoms with E-state index in [-0.39, 0.29) is 5.56 Å². The molecule has 25 heavy (non-hydrogen) atoms. The minimum absolute atomic E-state index is 0.139. The highest BCUT2D eigenvalue weighted by Crippen LogP contribution is 2.17. The van der Waals surface area contributed by atoms with Gasteiger partial charge in [0.1, 0.15) is 11.5 Å². The van der Waals surface area contributed by atoms with E-state index in [1.807, 2.05) is 0 Å². The number of aromatic carboxylic acids is 1. The van der Waals surface area contributed by atoms with Crippen LogP contribution < -0.4 is 9.47 Å². The van der Waals surface area contributed by atoms with Crippen LogP contribution in [-0.2, 0) is 0 Å². The van der Waals surface area contributed by atoms with E-state index < -0.39 is 11.9 Å². The highest BCUT2D eigenvalue weighted by atomic mass is 16.5. The molecule has 0 heterocycles. The van der Waals surface area contributed by atoms with Gasteiger partial charge in [0.15, 0.2) is 0 Å². The first kappa shape index (κ1) is 18.5. The lowest BCUT2D eigenvalue weighted by atomic mass is 10.2. The average molecular weight is 342 g/mol. The van der Waals surface area contributed by atoms with Crippen molar-refractivity contribution in [2.75, 3.05) is 6.61 Å². The minimum Gasteiger partial charge on any atom is -0.494 e. The normalized spacial score (nSPS) is 10.3. The Morgan fingerprint density at radius 3 is 2.04 bits per heavy atom. The number of esters is 1. The van der Waals surface area contributed by atoms with Crippen LogP contribution in [0.2, 0.25) is 0 Å².